The van der Waals surface area contributed by atoms with Crippen molar-refractivity contribution < 1.29 is 18.0 Å². The standard InChI is InChI=1S/C27H35F3N4OS.CH4/c1-21-4-6-23(7-5-21)34-19-17-32(18-20-34)14-2-3-26(35)31-22-12-15-33(16-13-22)24-8-10-25(11-9-24)36-27(28,29)30;/h4-11,22H,2-3,12-20H2,1H3,(H,31,35);1H4. The predicted molar refractivity (Wildman–Crippen MR) is 148 cm³/mol. The minimum Gasteiger partial charge on any atom is -0.371 e. The van der Waals surface area contributed by atoms with E-state index in [1.54, 1.807) is 12.1 Å². The van der Waals surface area contributed by atoms with Crippen LogP contribution in [0.3, 0.4) is 0 Å². The highest BCUT2D eigenvalue weighted by Crippen LogP contribution is 2.37. The second kappa shape index (κ2) is 13.4. The topological polar surface area (TPSA) is 38.8 Å². The van der Waals surface area contributed by atoms with Gasteiger partial charge in [0.05, 0.1) is 0 Å². The number of anilines is 2. The van der Waals surface area contributed by atoms with Gasteiger partial charge in [0.25, 0.3) is 0 Å². The predicted octanol–water partition coefficient (Wildman–Crippen LogP) is 5.93. The fourth-order valence-electron chi connectivity index (χ4n) is 4.89. The molecule has 5 nitrogen and oxygen atoms in total. The van der Waals surface area contributed by atoms with Crippen molar-refractivity contribution in [1.29, 1.82) is 0 Å². The maximum Gasteiger partial charge on any atom is 0.446 e. The first-order valence-corrected chi connectivity index (χ1v) is 13.5. The summed E-state index contributed by atoms with van der Waals surface area (Å²) in [6.07, 6.45) is 3.08. The second-order valence-corrected chi connectivity index (χ2v) is 10.8. The van der Waals surface area contributed by atoms with Crippen LogP contribution in [0.25, 0.3) is 0 Å². The summed E-state index contributed by atoms with van der Waals surface area (Å²) < 4.78 is 37.5. The lowest BCUT2D eigenvalue weighted by atomic mass is 10.0. The fourth-order valence-corrected chi connectivity index (χ4v) is 5.43. The van der Waals surface area contributed by atoms with Gasteiger partial charge in [0.2, 0.25) is 5.91 Å². The number of carbonyl (C=O) groups is 1. The molecule has 0 saturated carbocycles. The van der Waals surface area contributed by atoms with Crippen molar-refractivity contribution in [2.75, 3.05) is 55.6 Å². The highest BCUT2D eigenvalue weighted by molar-refractivity contribution is 8.00. The van der Waals surface area contributed by atoms with Gasteiger partial charge in [0, 0.05) is 68.0 Å². The van der Waals surface area contributed by atoms with Crippen LogP contribution in [-0.2, 0) is 4.79 Å². The van der Waals surface area contributed by atoms with Crippen LogP contribution in [0.2, 0.25) is 0 Å². The molecule has 0 unspecified atom stereocenters. The third kappa shape index (κ3) is 9.14. The SMILES string of the molecule is C.Cc1ccc(N2CCN(CCCC(=O)NC3CCN(c4ccc(SC(F)(F)F)cc4)CC3)CC2)cc1. The van der Waals surface area contributed by atoms with Crippen LogP contribution in [0, 0.1) is 6.92 Å². The van der Waals surface area contributed by atoms with Crippen LogP contribution in [0.5, 0.6) is 0 Å². The highest BCUT2D eigenvalue weighted by Gasteiger charge is 2.29. The molecule has 37 heavy (non-hydrogen) atoms. The van der Waals surface area contributed by atoms with Gasteiger partial charge in [0.1, 0.15) is 0 Å². The minimum atomic E-state index is -4.27. The number of aryl methyl sites for hydroxylation is 1. The number of amides is 1. The Hall–Kier alpha value is -2.39. The summed E-state index contributed by atoms with van der Waals surface area (Å²) in [5, 5.41) is 3.18. The van der Waals surface area contributed by atoms with Crippen LogP contribution in [-0.4, -0.2) is 68.2 Å². The van der Waals surface area contributed by atoms with Crippen LogP contribution in [0.4, 0.5) is 24.5 Å². The Morgan fingerprint density at radius 2 is 1.43 bits per heavy atom. The zero-order valence-corrected chi connectivity index (χ0v) is 21.6. The molecule has 9 heteroatoms. The van der Waals surface area contributed by atoms with E-state index in [0.29, 0.717) is 6.42 Å². The van der Waals surface area contributed by atoms with Crippen molar-refractivity contribution in [3.05, 3.63) is 54.1 Å². The van der Waals surface area contributed by atoms with Crippen LogP contribution in [0.1, 0.15) is 38.7 Å². The molecule has 4 rings (SSSR count). The summed E-state index contributed by atoms with van der Waals surface area (Å²) in [7, 11) is 0. The van der Waals surface area contributed by atoms with Crippen molar-refractivity contribution in [2.24, 2.45) is 0 Å². The number of thioether (sulfide) groups is 1. The van der Waals surface area contributed by atoms with Crippen molar-refractivity contribution in [1.82, 2.24) is 10.2 Å². The Morgan fingerprint density at radius 3 is 2.00 bits per heavy atom. The number of carbonyl (C=O) groups excluding carboxylic acids is 1. The number of nitrogens with one attached hydrogen (secondary N) is 1. The van der Waals surface area contributed by atoms with Crippen molar-refractivity contribution >= 4 is 29.0 Å². The van der Waals surface area contributed by atoms with Crippen molar-refractivity contribution in [3.8, 4) is 0 Å². The Kier molecular flexibility index (Phi) is 10.6. The van der Waals surface area contributed by atoms with E-state index in [2.05, 4.69) is 51.2 Å². The van der Waals surface area contributed by atoms with E-state index in [-0.39, 0.29) is 36.0 Å². The first-order chi connectivity index (χ1) is 17.2. The Bertz CT molecular complexity index is 968. The molecule has 2 saturated heterocycles. The third-order valence-corrected chi connectivity index (χ3v) is 7.68. The van der Waals surface area contributed by atoms with Crippen LogP contribution < -0.4 is 15.1 Å². The molecular formula is C28H39F3N4OS. The van der Waals surface area contributed by atoms with E-state index in [1.165, 1.54) is 23.4 Å². The van der Waals surface area contributed by atoms with Gasteiger partial charge in [-0.1, -0.05) is 25.1 Å². The molecule has 2 aliphatic rings. The summed E-state index contributed by atoms with van der Waals surface area (Å²) >= 11 is -0.0930. The van der Waals surface area contributed by atoms with Crippen molar-refractivity contribution in [2.45, 2.75) is 56.5 Å². The number of alkyl halides is 3. The van der Waals surface area contributed by atoms with E-state index >= 15 is 0 Å². The molecule has 0 spiro atoms. The van der Waals surface area contributed by atoms with E-state index in [4.69, 9.17) is 0 Å². The number of piperidine rings is 1. The molecule has 204 valence electrons. The number of hydrogen-bond donors (Lipinski definition) is 1. The maximum atomic E-state index is 12.5. The van der Waals surface area contributed by atoms with E-state index in [0.717, 1.165) is 70.8 Å². The summed E-state index contributed by atoms with van der Waals surface area (Å²) in [6, 6.07) is 15.4. The molecule has 2 aromatic carbocycles. The molecule has 0 atom stereocenters. The lowest BCUT2D eigenvalue weighted by molar-refractivity contribution is -0.122. The van der Waals surface area contributed by atoms with E-state index in [1.807, 2.05) is 0 Å². The average molecular weight is 537 g/mol. The molecule has 0 aliphatic carbocycles. The lowest BCUT2D eigenvalue weighted by Crippen LogP contribution is -2.47. The molecule has 1 amide bonds. The van der Waals surface area contributed by atoms with Gasteiger partial charge < -0.3 is 15.1 Å². The minimum absolute atomic E-state index is 0. The first-order valence-electron chi connectivity index (χ1n) is 12.7. The number of halogens is 3. The lowest BCUT2D eigenvalue weighted by Gasteiger charge is -2.36. The van der Waals surface area contributed by atoms with E-state index in [9.17, 15) is 18.0 Å². The average Bonchev–Trinajstić information content (AvgIpc) is 2.85. The number of benzene rings is 2. The summed E-state index contributed by atoms with van der Waals surface area (Å²) in [4.78, 5) is 19.7. The van der Waals surface area contributed by atoms with Crippen LogP contribution >= 0.6 is 11.8 Å². The van der Waals surface area contributed by atoms with Gasteiger partial charge in [-0.3, -0.25) is 9.69 Å². The highest BCUT2D eigenvalue weighted by atomic mass is 32.2. The van der Waals surface area contributed by atoms with Crippen molar-refractivity contribution in [3.63, 3.8) is 0 Å². The van der Waals surface area contributed by atoms with Gasteiger partial charge in [-0.05, 0) is 80.9 Å². The Morgan fingerprint density at radius 1 is 0.892 bits per heavy atom. The largest absolute Gasteiger partial charge is 0.446 e. The normalized spacial score (nSPS) is 17.4. The van der Waals surface area contributed by atoms with Gasteiger partial charge in [-0.2, -0.15) is 13.2 Å². The van der Waals surface area contributed by atoms with Crippen LogP contribution in [0.15, 0.2) is 53.4 Å². The number of nitrogens with zero attached hydrogens (tertiary/aromatic N) is 3. The molecule has 2 fully saturated rings. The molecule has 1 N–H and O–H groups in total. The maximum absolute atomic E-state index is 12.5. The summed E-state index contributed by atoms with van der Waals surface area (Å²) in [5.74, 6) is 0.111. The van der Waals surface area contributed by atoms with Gasteiger partial charge in [-0.15, -0.1) is 0 Å². The second-order valence-electron chi connectivity index (χ2n) is 9.64. The molecule has 2 aliphatic heterocycles. The molecule has 0 aromatic heterocycles. The zero-order valence-electron chi connectivity index (χ0n) is 20.8. The smallest absolute Gasteiger partial charge is 0.371 e. The summed E-state index contributed by atoms with van der Waals surface area (Å²) in [6.45, 7) is 8.66. The zero-order chi connectivity index (χ0) is 25.5. The molecule has 2 aromatic rings. The number of rotatable bonds is 8. The molecule has 0 radical (unpaired) electrons. The summed E-state index contributed by atoms with van der Waals surface area (Å²) in [5.41, 5.74) is -0.788. The molecular weight excluding hydrogens is 497 g/mol. The quantitative estimate of drug-likeness (QED) is 0.424. The fraction of sp³-hybridized carbons (Fsp3) is 0.536. The van der Waals surface area contributed by atoms with E-state index < -0.39 is 5.51 Å². The monoisotopic (exact) mass is 536 g/mol. The van der Waals surface area contributed by atoms with Gasteiger partial charge in [0.15, 0.2) is 0 Å². The number of hydrogen-bond acceptors (Lipinski definition) is 5. The van der Waals surface area contributed by atoms with Gasteiger partial charge in [-0.25, -0.2) is 0 Å². The van der Waals surface area contributed by atoms with Gasteiger partial charge >= 0.3 is 5.51 Å². The molecule has 0 bridgehead atoms. The molecule has 2 heterocycles. The Balaban J connectivity index is 0.00000380. The first kappa shape index (κ1) is 29.2. The Labute approximate surface area is 223 Å². The number of piperazine rings is 1. The third-order valence-electron chi connectivity index (χ3n) is 6.95.